The predicted octanol–water partition coefficient (Wildman–Crippen LogP) is 31.7. The number of aryl methyl sites for hydroxylation is 2. The molecule has 0 atom stereocenters. The van der Waals surface area contributed by atoms with E-state index in [1.165, 1.54) is 381 Å². The van der Waals surface area contributed by atoms with Crippen molar-refractivity contribution in [1.82, 2.24) is 0 Å². The Morgan fingerprint density at radius 3 is 0.945 bits per heavy atom. The third-order valence-corrected chi connectivity index (χ3v) is 19.4. The Bertz CT molecular complexity index is 1860. The maximum absolute atomic E-state index is 12.4. The van der Waals surface area contributed by atoms with Gasteiger partial charge in [0.25, 0.3) is 0 Å². The van der Waals surface area contributed by atoms with Crippen LogP contribution in [0, 0.1) is 13.8 Å². The molecule has 3 heteroatoms. The Balaban J connectivity index is 0.00000200. The van der Waals surface area contributed by atoms with Crippen LogP contribution in [-0.2, 0) is 29.3 Å². The van der Waals surface area contributed by atoms with Crippen LogP contribution in [0.25, 0.3) is 16.9 Å². The van der Waals surface area contributed by atoms with Crippen molar-refractivity contribution < 1.29 is 21.2 Å². The van der Waals surface area contributed by atoms with Gasteiger partial charge in [-0.1, -0.05) is 405 Å². The zero-order valence-corrected chi connectivity index (χ0v) is 63.2. The van der Waals surface area contributed by atoms with Crippen molar-refractivity contribution in [1.29, 1.82) is 0 Å². The molecule has 2 aromatic carbocycles. The van der Waals surface area contributed by atoms with Gasteiger partial charge in [0.05, 0.1) is 0 Å². The molecule has 2 nitrogen and oxygen atoms in total. The number of hydrogen-bond acceptors (Lipinski definition) is 0. The minimum atomic E-state index is 0. The number of allylic oxidation sites excluding steroid dienone is 4. The van der Waals surface area contributed by atoms with Gasteiger partial charge in [0.1, 0.15) is 0 Å². The first-order chi connectivity index (χ1) is 44.5. The Morgan fingerprint density at radius 2 is 0.582 bits per heavy atom. The molecule has 1 aliphatic heterocycles. The van der Waals surface area contributed by atoms with Crippen molar-refractivity contribution in [3.05, 3.63) is 113 Å². The fraction of sp³-hybridized carbons (Fsp3) is 0.773. The fourth-order valence-corrected chi connectivity index (χ4v) is 13.5. The van der Waals surface area contributed by atoms with Gasteiger partial charge in [0.2, 0.25) is 11.4 Å². The molecule has 1 aliphatic rings. The summed E-state index contributed by atoms with van der Waals surface area (Å²) in [6.07, 6.45) is 88.5. The fourth-order valence-electron chi connectivity index (χ4n) is 13.5. The van der Waals surface area contributed by atoms with Crippen LogP contribution in [-0.4, -0.2) is 4.70 Å². The van der Waals surface area contributed by atoms with E-state index in [1.807, 2.05) is 0 Å². The zero-order chi connectivity index (χ0) is 65.1. The molecule has 3 rings (SSSR count). The maximum Gasteiger partial charge on any atom is 2.00 e. The second-order valence-electron chi connectivity index (χ2n) is 28.0. The van der Waals surface area contributed by atoms with Crippen LogP contribution >= 0.6 is 0 Å². The SMILES string of the molecule is CCCCCCCCCCCCCCC=CCCc1ccccc1C1=C(CCCCCCCC)C(CCCCCC)=C(c2ccc(CCCCCCCC)cc2)[N+]1=[N-].[CH2-]CCCCCCCCCCCCCCC.[CH2-]CCCCCCCCCCCCCCC.[Ni+2]. The number of nitrogens with zero attached hydrogens (tertiary/aromatic N) is 2. The Kier molecular flexibility index (Phi) is 68.8. The molecule has 0 radical (unpaired) electrons. The summed E-state index contributed by atoms with van der Waals surface area (Å²) in [6.45, 7) is 21.5. The summed E-state index contributed by atoms with van der Waals surface area (Å²) in [4.78, 5) is 0. The molecule has 0 aliphatic carbocycles. The largest absolute Gasteiger partial charge is 2.00 e. The van der Waals surface area contributed by atoms with Crippen LogP contribution in [0.2, 0.25) is 0 Å². The summed E-state index contributed by atoms with van der Waals surface area (Å²) in [6, 6.07) is 18.2. The van der Waals surface area contributed by atoms with Gasteiger partial charge in [-0.15, -0.1) is 0 Å². The molecule has 1 heterocycles. The second-order valence-corrected chi connectivity index (χ2v) is 28.0. The van der Waals surface area contributed by atoms with E-state index in [1.54, 1.807) is 4.70 Å². The van der Waals surface area contributed by atoms with Crippen LogP contribution in [0.4, 0.5) is 0 Å². The van der Waals surface area contributed by atoms with Crippen LogP contribution in [0.5, 0.6) is 0 Å². The number of unbranched alkanes of at least 4 members (excludes halogenated alkanes) is 51. The molecule has 2 aromatic rings. The van der Waals surface area contributed by atoms with E-state index in [0.717, 1.165) is 61.9 Å². The van der Waals surface area contributed by atoms with Crippen LogP contribution < -0.4 is 0 Å². The van der Waals surface area contributed by atoms with Gasteiger partial charge in [-0.3, -0.25) is 0 Å². The van der Waals surface area contributed by atoms with Crippen LogP contribution in [0.15, 0.2) is 71.8 Å². The van der Waals surface area contributed by atoms with Gasteiger partial charge in [-0.05, 0) is 93.5 Å². The number of hydrogen-bond donors (Lipinski definition) is 0. The zero-order valence-electron chi connectivity index (χ0n) is 62.2. The summed E-state index contributed by atoms with van der Waals surface area (Å²) in [5.74, 6) is 0. The van der Waals surface area contributed by atoms with Gasteiger partial charge in [-0.2, -0.15) is 12.8 Å². The molecule has 0 saturated heterocycles. The number of benzene rings is 2. The molecule has 528 valence electrons. The Labute approximate surface area is 582 Å². The van der Waals surface area contributed by atoms with E-state index in [9.17, 15) is 5.53 Å². The first kappa shape index (κ1) is 88.8. The second kappa shape index (κ2) is 70.6. The standard InChI is InChI=1S/C56H90N2.2C16H33.Ni/c1-5-9-13-17-20-21-22-23-24-25-26-27-28-29-31-34-40-50-41-37-38-42-52(50)56-54(44-36-32-19-15-11-7-3)53(43-35-16-12-8-4)55(58(56)57)51-47-45-49(46-48-51)39-33-30-18-14-10-6-2;2*1-3-5-7-9-11-13-15-16-14-12-10-8-6-4-2;/h29,31,37-38,41-42,45-48H,5-28,30,32-36,39-40,43-44H2,1-4H3;2*1,3-16H2,2H3;/q;2*-1;+2. The minimum absolute atomic E-state index is 0. The van der Waals surface area contributed by atoms with Gasteiger partial charge in [-0.25, -0.2) is 4.70 Å². The topological polar surface area (TPSA) is 25.3 Å². The smallest absolute Gasteiger partial charge is 0.493 e. The van der Waals surface area contributed by atoms with Gasteiger partial charge >= 0.3 is 16.5 Å². The van der Waals surface area contributed by atoms with Gasteiger partial charge in [0, 0.05) is 22.3 Å². The van der Waals surface area contributed by atoms with Gasteiger partial charge in [0.15, 0.2) is 0 Å². The summed E-state index contributed by atoms with van der Waals surface area (Å²) >= 11 is 0. The van der Waals surface area contributed by atoms with E-state index < -0.39 is 0 Å². The summed E-state index contributed by atoms with van der Waals surface area (Å²) in [5.41, 5.74) is 22.5. The van der Waals surface area contributed by atoms with Gasteiger partial charge < -0.3 is 19.4 Å². The van der Waals surface area contributed by atoms with Crippen molar-refractivity contribution in [2.24, 2.45) is 0 Å². The van der Waals surface area contributed by atoms with Crippen molar-refractivity contribution in [3.63, 3.8) is 0 Å². The van der Waals surface area contributed by atoms with E-state index in [0.29, 0.717) is 0 Å². The van der Waals surface area contributed by atoms with Crippen molar-refractivity contribution >= 4 is 11.4 Å². The van der Waals surface area contributed by atoms with E-state index >= 15 is 0 Å². The summed E-state index contributed by atoms with van der Waals surface area (Å²) in [7, 11) is 0. The van der Waals surface area contributed by atoms with E-state index in [2.05, 4.69) is 116 Å². The Morgan fingerprint density at radius 1 is 0.297 bits per heavy atom. The maximum atomic E-state index is 12.4. The molecule has 0 amide bonds. The molecule has 0 saturated carbocycles. The quantitative estimate of drug-likeness (QED) is 0.0207. The van der Waals surface area contributed by atoms with Crippen LogP contribution in [0.1, 0.15) is 449 Å². The molecule has 0 spiro atoms. The molecule has 0 aromatic heterocycles. The van der Waals surface area contributed by atoms with Crippen LogP contribution in [0.3, 0.4) is 0 Å². The van der Waals surface area contributed by atoms with Crippen molar-refractivity contribution in [2.45, 2.75) is 440 Å². The molecule has 0 fully saturated rings. The third kappa shape index (κ3) is 50.8. The van der Waals surface area contributed by atoms with Crippen molar-refractivity contribution in [2.75, 3.05) is 0 Å². The summed E-state index contributed by atoms with van der Waals surface area (Å²) < 4.78 is 1.63. The van der Waals surface area contributed by atoms with E-state index in [4.69, 9.17) is 0 Å². The molecule has 91 heavy (non-hydrogen) atoms. The monoisotopic (exact) mass is 1300 g/mol. The molecule has 0 N–H and O–H groups in total. The van der Waals surface area contributed by atoms with E-state index in [-0.39, 0.29) is 16.5 Å². The minimum Gasteiger partial charge on any atom is -0.493 e. The average molecular weight is 1300 g/mol. The number of rotatable bonds is 63. The normalized spacial score (nSPS) is 12.3. The third-order valence-electron chi connectivity index (χ3n) is 19.4. The summed E-state index contributed by atoms with van der Waals surface area (Å²) in [5, 5.41) is 0. The molecule has 0 bridgehead atoms. The first-order valence-corrected chi connectivity index (χ1v) is 40.9. The molecule has 0 unspecified atom stereocenters. The predicted molar refractivity (Wildman–Crippen MR) is 409 cm³/mol. The molecular weight excluding hydrogens is 1140 g/mol. The Hall–Kier alpha value is -2.25. The average Bonchev–Trinajstić information content (AvgIpc) is 1.62. The first-order valence-electron chi connectivity index (χ1n) is 40.9. The van der Waals surface area contributed by atoms with Crippen molar-refractivity contribution in [3.8, 4) is 0 Å². The molecular formula is C88H156N2Ni.